The standard InChI is InChI=1S/C19H19N3O7/c1-11-3-4-13(7-12(11)2)29-10-18(23)20-21-19(24)14-8-16-17(28-6-5-27-16)9-15(14)22(25)26/h3-4,7-9H,5-6,10H2,1-2H3,(H,20,23)(H,21,24). The van der Waals surface area contributed by atoms with Crippen LogP contribution in [0.5, 0.6) is 17.2 Å². The second-order valence-corrected chi connectivity index (χ2v) is 6.31. The normalized spacial score (nSPS) is 12.1. The third-order valence-corrected chi connectivity index (χ3v) is 4.27. The van der Waals surface area contributed by atoms with Crippen molar-refractivity contribution < 1.29 is 28.7 Å². The first-order chi connectivity index (χ1) is 13.8. The molecule has 0 unspecified atom stereocenters. The lowest BCUT2D eigenvalue weighted by Crippen LogP contribution is -2.44. The van der Waals surface area contributed by atoms with E-state index < -0.39 is 22.4 Å². The lowest BCUT2D eigenvalue weighted by molar-refractivity contribution is -0.385. The van der Waals surface area contributed by atoms with Crippen molar-refractivity contribution in [2.24, 2.45) is 0 Å². The zero-order valence-electron chi connectivity index (χ0n) is 15.8. The molecule has 2 aromatic rings. The Hall–Kier alpha value is -3.82. The van der Waals surface area contributed by atoms with Crippen LogP contribution in [0.2, 0.25) is 0 Å². The molecule has 2 aromatic carbocycles. The number of benzene rings is 2. The van der Waals surface area contributed by atoms with Crippen molar-refractivity contribution in [1.29, 1.82) is 0 Å². The van der Waals surface area contributed by atoms with Crippen LogP contribution in [0.3, 0.4) is 0 Å². The van der Waals surface area contributed by atoms with Gasteiger partial charge in [-0.05, 0) is 37.1 Å². The van der Waals surface area contributed by atoms with Gasteiger partial charge in [0.15, 0.2) is 18.1 Å². The highest BCUT2D eigenvalue weighted by molar-refractivity contribution is 5.99. The first-order valence-electron chi connectivity index (χ1n) is 8.72. The number of nitro groups is 1. The summed E-state index contributed by atoms with van der Waals surface area (Å²) in [6.07, 6.45) is 0. The molecule has 0 fully saturated rings. The number of carbonyl (C=O) groups excluding carboxylic acids is 2. The zero-order valence-corrected chi connectivity index (χ0v) is 15.8. The van der Waals surface area contributed by atoms with Crippen molar-refractivity contribution in [2.45, 2.75) is 13.8 Å². The largest absolute Gasteiger partial charge is 0.486 e. The highest BCUT2D eigenvalue weighted by Gasteiger charge is 2.26. The van der Waals surface area contributed by atoms with Crippen molar-refractivity contribution >= 4 is 17.5 Å². The number of amides is 2. The Bertz CT molecular complexity index is 975. The van der Waals surface area contributed by atoms with Crippen molar-refractivity contribution in [3.63, 3.8) is 0 Å². The molecule has 10 nitrogen and oxygen atoms in total. The minimum atomic E-state index is -0.867. The molecule has 1 heterocycles. The predicted molar refractivity (Wildman–Crippen MR) is 101 cm³/mol. The molecule has 0 aromatic heterocycles. The molecule has 0 spiro atoms. The molecule has 10 heteroatoms. The van der Waals surface area contributed by atoms with Crippen molar-refractivity contribution in [1.82, 2.24) is 10.9 Å². The molecule has 0 aliphatic carbocycles. The maximum atomic E-state index is 12.3. The number of hydrazine groups is 1. The number of fused-ring (bicyclic) bond motifs is 1. The van der Waals surface area contributed by atoms with Gasteiger partial charge in [-0.1, -0.05) is 6.07 Å². The summed E-state index contributed by atoms with van der Waals surface area (Å²) < 4.78 is 16.0. The predicted octanol–water partition coefficient (Wildman–Crippen LogP) is 1.82. The van der Waals surface area contributed by atoms with Gasteiger partial charge in [-0.15, -0.1) is 0 Å². The van der Waals surface area contributed by atoms with Gasteiger partial charge in [0.25, 0.3) is 17.5 Å². The first kappa shape index (κ1) is 19.9. The molecule has 3 rings (SSSR count). The Morgan fingerprint density at radius 1 is 1.07 bits per heavy atom. The van der Waals surface area contributed by atoms with E-state index in [1.165, 1.54) is 6.07 Å². The minimum Gasteiger partial charge on any atom is -0.486 e. The van der Waals surface area contributed by atoms with Crippen molar-refractivity contribution in [2.75, 3.05) is 19.8 Å². The van der Waals surface area contributed by atoms with Crippen LogP contribution in [0.15, 0.2) is 30.3 Å². The maximum Gasteiger partial charge on any atom is 0.286 e. The van der Waals surface area contributed by atoms with Crippen LogP contribution in [0.25, 0.3) is 0 Å². The zero-order chi connectivity index (χ0) is 21.0. The van der Waals surface area contributed by atoms with E-state index in [0.29, 0.717) is 5.75 Å². The van der Waals surface area contributed by atoms with Crippen LogP contribution in [0.4, 0.5) is 5.69 Å². The van der Waals surface area contributed by atoms with Crippen LogP contribution in [-0.4, -0.2) is 36.6 Å². The van der Waals surface area contributed by atoms with Gasteiger partial charge in [-0.2, -0.15) is 0 Å². The number of hydrogen-bond donors (Lipinski definition) is 2. The van der Waals surface area contributed by atoms with Crippen LogP contribution < -0.4 is 25.1 Å². The summed E-state index contributed by atoms with van der Waals surface area (Å²) in [5, 5.41) is 11.3. The van der Waals surface area contributed by atoms with Gasteiger partial charge in [-0.3, -0.25) is 30.6 Å². The third kappa shape index (κ3) is 4.72. The van der Waals surface area contributed by atoms with Gasteiger partial charge in [0, 0.05) is 6.07 Å². The fraction of sp³-hybridized carbons (Fsp3) is 0.263. The highest BCUT2D eigenvalue weighted by atomic mass is 16.6. The molecule has 0 radical (unpaired) electrons. The number of rotatable bonds is 5. The summed E-state index contributed by atoms with van der Waals surface area (Å²) in [7, 11) is 0. The van der Waals surface area contributed by atoms with E-state index in [2.05, 4.69) is 10.9 Å². The number of ether oxygens (including phenoxy) is 3. The summed E-state index contributed by atoms with van der Waals surface area (Å²) in [5.74, 6) is -0.580. The molecular weight excluding hydrogens is 382 g/mol. The SMILES string of the molecule is Cc1ccc(OCC(=O)NNC(=O)c2cc3c(cc2[N+](=O)[O-])OCCO3)cc1C. The number of aryl methyl sites for hydroxylation is 2. The second kappa shape index (κ2) is 8.46. The highest BCUT2D eigenvalue weighted by Crippen LogP contribution is 2.36. The Balaban J connectivity index is 1.61. The van der Waals surface area contributed by atoms with E-state index in [4.69, 9.17) is 14.2 Å². The van der Waals surface area contributed by atoms with Gasteiger partial charge < -0.3 is 14.2 Å². The molecular formula is C19H19N3O7. The van der Waals surface area contributed by atoms with Crippen LogP contribution in [-0.2, 0) is 4.79 Å². The quantitative estimate of drug-likeness (QED) is 0.577. The fourth-order valence-corrected chi connectivity index (χ4v) is 2.59. The van der Waals surface area contributed by atoms with E-state index in [0.717, 1.165) is 17.2 Å². The number of nitrogens with one attached hydrogen (secondary N) is 2. The molecule has 2 amide bonds. The van der Waals surface area contributed by atoms with Gasteiger partial charge in [0.2, 0.25) is 0 Å². The van der Waals surface area contributed by atoms with Crippen LogP contribution >= 0.6 is 0 Å². The Labute approximate surface area is 165 Å². The third-order valence-electron chi connectivity index (χ3n) is 4.27. The molecule has 0 saturated heterocycles. The average molecular weight is 401 g/mol. The number of nitrogens with zero attached hydrogens (tertiary/aromatic N) is 1. The molecule has 0 bridgehead atoms. The molecule has 0 atom stereocenters. The Morgan fingerprint density at radius 2 is 1.76 bits per heavy atom. The number of hydrogen-bond acceptors (Lipinski definition) is 7. The number of nitro benzene ring substituents is 1. The molecule has 1 aliphatic rings. The van der Waals surface area contributed by atoms with Crippen LogP contribution in [0, 0.1) is 24.0 Å². The van der Waals surface area contributed by atoms with Crippen molar-refractivity contribution in [3.8, 4) is 17.2 Å². The summed E-state index contributed by atoms with van der Waals surface area (Å²) >= 11 is 0. The fourth-order valence-electron chi connectivity index (χ4n) is 2.59. The second-order valence-electron chi connectivity index (χ2n) is 6.31. The lowest BCUT2D eigenvalue weighted by Gasteiger charge is -2.19. The van der Waals surface area contributed by atoms with Gasteiger partial charge in [0.05, 0.1) is 11.0 Å². The maximum absolute atomic E-state index is 12.3. The lowest BCUT2D eigenvalue weighted by atomic mass is 10.1. The van der Waals surface area contributed by atoms with Gasteiger partial charge in [-0.25, -0.2) is 0 Å². The monoisotopic (exact) mass is 401 g/mol. The van der Waals surface area contributed by atoms with E-state index in [1.807, 2.05) is 19.9 Å². The average Bonchev–Trinajstić information content (AvgIpc) is 2.71. The Kier molecular flexibility index (Phi) is 5.82. The summed E-state index contributed by atoms with van der Waals surface area (Å²) in [6, 6.07) is 7.71. The van der Waals surface area contributed by atoms with Gasteiger partial charge in [0.1, 0.15) is 24.5 Å². The minimum absolute atomic E-state index is 0.185. The molecule has 2 N–H and O–H groups in total. The molecule has 29 heavy (non-hydrogen) atoms. The summed E-state index contributed by atoms with van der Waals surface area (Å²) in [4.78, 5) is 34.8. The molecule has 0 saturated carbocycles. The number of carbonyl (C=O) groups is 2. The van der Waals surface area contributed by atoms with E-state index in [-0.39, 0.29) is 36.9 Å². The van der Waals surface area contributed by atoms with E-state index in [1.54, 1.807) is 12.1 Å². The van der Waals surface area contributed by atoms with Crippen molar-refractivity contribution in [3.05, 3.63) is 57.1 Å². The van der Waals surface area contributed by atoms with E-state index in [9.17, 15) is 19.7 Å². The van der Waals surface area contributed by atoms with Gasteiger partial charge >= 0.3 is 0 Å². The topological polar surface area (TPSA) is 129 Å². The van der Waals surface area contributed by atoms with Crippen LogP contribution in [0.1, 0.15) is 21.5 Å². The summed E-state index contributed by atoms with van der Waals surface area (Å²) in [6.45, 7) is 4.05. The molecule has 152 valence electrons. The summed E-state index contributed by atoms with van der Waals surface area (Å²) in [5.41, 5.74) is 5.68. The first-order valence-corrected chi connectivity index (χ1v) is 8.72. The Morgan fingerprint density at radius 3 is 2.41 bits per heavy atom. The molecule has 1 aliphatic heterocycles. The smallest absolute Gasteiger partial charge is 0.286 e. The van der Waals surface area contributed by atoms with E-state index >= 15 is 0 Å².